The van der Waals surface area contributed by atoms with Gasteiger partial charge in [-0.3, -0.25) is 10.1 Å². The van der Waals surface area contributed by atoms with Crippen LogP contribution in [0.15, 0.2) is 18.2 Å². The molecule has 1 N–H and O–H groups in total. The van der Waals surface area contributed by atoms with Crippen molar-refractivity contribution < 1.29 is 18.4 Å². The quantitative estimate of drug-likeness (QED) is 0.613. The van der Waals surface area contributed by atoms with Crippen LogP contribution in [0.2, 0.25) is 0 Å². The first kappa shape index (κ1) is 15.3. The van der Waals surface area contributed by atoms with Crippen molar-refractivity contribution in [3.05, 3.63) is 33.9 Å². The summed E-state index contributed by atoms with van der Waals surface area (Å²) in [6.07, 6.45) is -2.66. The lowest BCUT2D eigenvalue weighted by molar-refractivity contribution is -0.386. The summed E-state index contributed by atoms with van der Waals surface area (Å²) in [5, 5.41) is 14.0. The van der Waals surface area contributed by atoms with Gasteiger partial charge in [0, 0.05) is 18.7 Å². The van der Waals surface area contributed by atoms with Gasteiger partial charge in [-0.1, -0.05) is 19.9 Å². The molecule has 1 aromatic rings. The number of rotatable bonds is 7. The van der Waals surface area contributed by atoms with Crippen molar-refractivity contribution in [3.63, 3.8) is 0 Å². The maximum Gasteiger partial charge on any atom is 0.311 e. The normalized spacial score (nSPS) is 11.1. The Balaban J connectivity index is 2.85. The molecule has 0 fully saturated rings. The molecule has 0 saturated carbocycles. The molecule has 0 radical (unpaired) electrons. The van der Waals surface area contributed by atoms with Crippen LogP contribution in [0.25, 0.3) is 0 Å². The zero-order valence-electron chi connectivity index (χ0n) is 10.7. The minimum atomic E-state index is -2.66. The summed E-state index contributed by atoms with van der Waals surface area (Å²) >= 11 is 0. The summed E-state index contributed by atoms with van der Waals surface area (Å²) in [5.74, 6) is -0.140. The SMILES string of the molecule is CC(C)NCc1ccc(OCC(F)F)c([N+](=O)[O-])c1. The molecule has 0 aliphatic rings. The number of nitrogens with one attached hydrogen (secondary N) is 1. The maximum absolute atomic E-state index is 12.0. The molecule has 0 aromatic heterocycles. The number of nitrogens with zero attached hydrogens (tertiary/aromatic N) is 1. The van der Waals surface area contributed by atoms with Crippen LogP contribution >= 0.6 is 0 Å². The second kappa shape index (κ2) is 6.98. The Hall–Kier alpha value is -1.76. The third kappa shape index (κ3) is 5.17. The van der Waals surface area contributed by atoms with Crippen LogP contribution < -0.4 is 10.1 Å². The van der Waals surface area contributed by atoms with Gasteiger partial charge >= 0.3 is 5.69 Å². The number of hydrogen-bond acceptors (Lipinski definition) is 4. The van der Waals surface area contributed by atoms with E-state index >= 15 is 0 Å². The van der Waals surface area contributed by atoms with Gasteiger partial charge in [0.15, 0.2) is 5.75 Å². The highest BCUT2D eigenvalue weighted by Crippen LogP contribution is 2.28. The molecule has 106 valence electrons. The molecular weight excluding hydrogens is 258 g/mol. The van der Waals surface area contributed by atoms with Crippen LogP contribution in [0, 0.1) is 10.1 Å². The van der Waals surface area contributed by atoms with Gasteiger partial charge < -0.3 is 10.1 Å². The van der Waals surface area contributed by atoms with E-state index in [0.29, 0.717) is 12.1 Å². The Labute approximate surface area is 109 Å². The van der Waals surface area contributed by atoms with Gasteiger partial charge in [-0.25, -0.2) is 8.78 Å². The van der Waals surface area contributed by atoms with Crippen molar-refractivity contribution in [2.45, 2.75) is 32.9 Å². The molecule has 0 atom stereocenters. The second-order valence-corrected chi connectivity index (χ2v) is 4.30. The van der Waals surface area contributed by atoms with Crippen LogP contribution in [-0.4, -0.2) is 24.0 Å². The standard InChI is InChI=1S/C12H16F2N2O3/c1-8(2)15-6-9-3-4-11(19-7-12(13)14)10(5-9)16(17)18/h3-5,8,12,15H,6-7H2,1-2H3. The lowest BCUT2D eigenvalue weighted by atomic mass is 10.2. The molecule has 1 rings (SSSR count). The van der Waals surface area contributed by atoms with Crippen LogP contribution in [-0.2, 0) is 6.54 Å². The topological polar surface area (TPSA) is 64.4 Å². The van der Waals surface area contributed by atoms with Crippen molar-refractivity contribution in [2.24, 2.45) is 0 Å². The predicted molar refractivity (Wildman–Crippen MR) is 66.6 cm³/mol. The van der Waals surface area contributed by atoms with Gasteiger partial charge in [0.1, 0.15) is 6.61 Å². The first-order valence-corrected chi connectivity index (χ1v) is 5.81. The van der Waals surface area contributed by atoms with E-state index < -0.39 is 18.0 Å². The van der Waals surface area contributed by atoms with E-state index in [9.17, 15) is 18.9 Å². The van der Waals surface area contributed by atoms with Gasteiger partial charge in [-0.2, -0.15) is 0 Å². The molecule has 0 bridgehead atoms. The van der Waals surface area contributed by atoms with Crippen molar-refractivity contribution in [1.29, 1.82) is 0 Å². The lowest BCUT2D eigenvalue weighted by Gasteiger charge is -2.10. The van der Waals surface area contributed by atoms with Gasteiger partial charge in [0.2, 0.25) is 0 Å². The van der Waals surface area contributed by atoms with Crippen LogP contribution in [0.3, 0.4) is 0 Å². The molecule has 0 unspecified atom stereocenters. The maximum atomic E-state index is 12.0. The molecule has 0 aliphatic heterocycles. The monoisotopic (exact) mass is 274 g/mol. The van der Waals surface area contributed by atoms with Crippen LogP contribution in [0.4, 0.5) is 14.5 Å². The van der Waals surface area contributed by atoms with Gasteiger partial charge in [0.25, 0.3) is 6.43 Å². The molecule has 7 heteroatoms. The zero-order valence-corrected chi connectivity index (χ0v) is 10.7. The molecular formula is C12H16F2N2O3. The third-order valence-electron chi connectivity index (χ3n) is 2.30. The van der Waals surface area contributed by atoms with Crippen molar-refractivity contribution in [1.82, 2.24) is 5.32 Å². The summed E-state index contributed by atoms with van der Waals surface area (Å²) in [7, 11) is 0. The summed E-state index contributed by atoms with van der Waals surface area (Å²) in [6.45, 7) is 3.52. The number of nitro benzene ring substituents is 1. The van der Waals surface area contributed by atoms with Crippen LogP contribution in [0.5, 0.6) is 5.75 Å². The number of halogens is 2. The van der Waals surface area contributed by atoms with Gasteiger partial charge in [-0.05, 0) is 11.6 Å². The molecule has 0 amide bonds. The van der Waals surface area contributed by atoms with E-state index in [1.807, 2.05) is 13.8 Å². The molecule has 19 heavy (non-hydrogen) atoms. The molecule has 0 aliphatic carbocycles. The predicted octanol–water partition coefficient (Wildman–Crippen LogP) is 2.74. The van der Waals surface area contributed by atoms with Crippen molar-refractivity contribution >= 4 is 5.69 Å². The van der Waals surface area contributed by atoms with Crippen LogP contribution in [0.1, 0.15) is 19.4 Å². The van der Waals surface area contributed by atoms with E-state index in [0.717, 1.165) is 0 Å². The molecule has 0 heterocycles. The minimum Gasteiger partial charge on any atom is -0.481 e. The Kier molecular flexibility index (Phi) is 5.62. The third-order valence-corrected chi connectivity index (χ3v) is 2.30. The lowest BCUT2D eigenvalue weighted by Crippen LogP contribution is -2.21. The molecule has 0 spiro atoms. The number of ether oxygens (including phenoxy) is 1. The fourth-order valence-electron chi connectivity index (χ4n) is 1.41. The number of hydrogen-bond donors (Lipinski definition) is 1. The molecule has 5 nitrogen and oxygen atoms in total. The van der Waals surface area contributed by atoms with E-state index in [1.165, 1.54) is 12.1 Å². The van der Waals surface area contributed by atoms with E-state index in [1.54, 1.807) is 6.07 Å². The number of alkyl halides is 2. The van der Waals surface area contributed by atoms with E-state index in [2.05, 4.69) is 5.32 Å². The fraction of sp³-hybridized carbons (Fsp3) is 0.500. The average Bonchev–Trinajstić information content (AvgIpc) is 2.33. The summed E-state index contributed by atoms with van der Waals surface area (Å²) in [5.41, 5.74) is 0.397. The summed E-state index contributed by atoms with van der Waals surface area (Å²) in [4.78, 5) is 10.2. The minimum absolute atomic E-state index is 0.140. The Bertz CT molecular complexity index is 439. The summed E-state index contributed by atoms with van der Waals surface area (Å²) < 4.78 is 28.8. The van der Waals surface area contributed by atoms with Crippen molar-refractivity contribution in [2.75, 3.05) is 6.61 Å². The van der Waals surface area contributed by atoms with E-state index in [4.69, 9.17) is 4.74 Å². The molecule has 1 aromatic carbocycles. The smallest absolute Gasteiger partial charge is 0.311 e. The highest BCUT2D eigenvalue weighted by Gasteiger charge is 2.17. The first-order chi connectivity index (χ1) is 8.90. The summed E-state index contributed by atoms with van der Waals surface area (Å²) in [6, 6.07) is 4.53. The van der Waals surface area contributed by atoms with Crippen molar-refractivity contribution in [3.8, 4) is 5.75 Å². The highest BCUT2D eigenvalue weighted by molar-refractivity contribution is 5.48. The van der Waals surface area contributed by atoms with Gasteiger partial charge in [-0.15, -0.1) is 0 Å². The highest BCUT2D eigenvalue weighted by atomic mass is 19.3. The number of nitro groups is 1. The zero-order chi connectivity index (χ0) is 14.4. The Morgan fingerprint density at radius 2 is 2.11 bits per heavy atom. The fourth-order valence-corrected chi connectivity index (χ4v) is 1.41. The first-order valence-electron chi connectivity index (χ1n) is 5.81. The Morgan fingerprint density at radius 1 is 1.42 bits per heavy atom. The number of benzene rings is 1. The second-order valence-electron chi connectivity index (χ2n) is 4.30. The largest absolute Gasteiger partial charge is 0.481 e. The average molecular weight is 274 g/mol. The molecule has 0 saturated heterocycles. The van der Waals surface area contributed by atoms with Gasteiger partial charge in [0.05, 0.1) is 4.92 Å². The Morgan fingerprint density at radius 3 is 2.63 bits per heavy atom. The van der Waals surface area contributed by atoms with E-state index in [-0.39, 0.29) is 17.5 Å².